The maximum atomic E-state index is 12.9. The Bertz CT molecular complexity index is 1190. The fraction of sp³-hybridized carbons (Fsp3) is 0.613. The molecule has 0 bridgehead atoms. The fourth-order valence-corrected chi connectivity index (χ4v) is 5.94. The zero-order valence-corrected chi connectivity index (χ0v) is 30.4. The van der Waals surface area contributed by atoms with Gasteiger partial charge in [-0.25, -0.2) is 19.2 Å². The van der Waals surface area contributed by atoms with Crippen LogP contribution in [-0.2, 0) is 37.5 Å². The Morgan fingerprint density at radius 3 is 1.42 bits per heavy atom. The number of esters is 2. The van der Waals surface area contributed by atoms with Gasteiger partial charge in [0.25, 0.3) is 0 Å². The van der Waals surface area contributed by atoms with Crippen molar-refractivity contribution in [1.82, 2.24) is 9.80 Å². The molecule has 0 amide bonds. The third-order valence-corrected chi connectivity index (χ3v) is 7.98. The van der Waals surface area contributed by atoms with Gasteiger partial charge in [-0.3, -0.25) is 0 Å². The molecule has 1 aliphatic heterocycles. The first-order valence-corrected chi connectivity index (χ1v) is 21.6. The number of nitrogens with zero attached hydrogens (tertiary/aromatic N) is 2. The van der Waals surface area contributed by atoms with E-state index < -0.39 is 40.5 Å². The van der Waals surface area contributed by atoms with E-state index in [2.05, 4.69) is 16.7 Å². The topological polar surface area (TPSA) is 112 Å². The van der Waals surface area contributed by atoms with Gasteiger partial charge in [-0.2, -0.15) is 0 Å². The van der Waals surface area contributed by atoms with Gasteiger partial charge in [0, 0.05) is 37.1 Å². The van der Waals surface area contributed by atoms with Crippen molar-refractivity contribution in [3.8, 4) is 0 Å². The number of carbonyl (C=O) groups is 4. The first-order chi connectivity index (χ1) is 19.7. The molecule has 10 nitrogen and oxygen atoms in total. The molecule has 1 heterocycles. The molecule has 1 fully saturated rings. The van der Waals surface area contributed by atoms with Crippen LogP contribution in [0.1, 0.15) is 48.5 Å². The molecule has 1 rings (SSSR count). The van der Waals surface area contributed by atoms with Gasteiger partial charge < -0.3 is 28.1 Å². The maximum Gasteiger partial charge on any atom is 0.345 e. The van der Waals surface area contributed by atoms with Gasteiger partial charge in [0.1, 0.15) is 11.1 Å². The molecule has 0 aromatic rings. The molecule has 0 aromatic carbocycles. The summed E-state index contributed by atoms with van der Waals surface area (Å²) in [5, 5.41) is 0. The van der Waals surface area contributed by atoms with E-state index in [0.29, 0.717) is 30.8 Å². The van der Waals surface area contributed by atoms with Gasteiger partial charge in [-0.15, -0.1) is 0 Å². The summed E-state index contributed by atoms with van der Waals surface area (Å²) in [7, 11) is -4.46. The molecule has 0 saturated carbocycles. The van der Waals surface area contributed by atoms with Crippen LogP contribution in [0.4, 0.5) is 0 Å². The zero-order chi connectivity index (χ0) is 33.3. The molecule has 0 spiro atoms. The molecule has 12 heteroatoms. The summed E-state index contributed by atoms with van der Waals surface area (Å²) in [5.74, 6) is -2.69. The Morgan fingerprint density at radius 2 is 1.07 bits per heavy atom. The second-order valence-corrected chi connectivity index (χ2v) is 21.5. The first-order valence-electron chi connectivity index (χ1n) is 14.8. The van der Waals surface area contributed by atoms with E-state index in [0.717, 1.165) is 11.4 Å². The molecule has 1 unspecified atom stereocenters. The largest absolute Gasteiger partial charge is 0.516 e. The summed E-state index contributed by atoms with van der Waals surface area (Å²) in [4.78, 5) is 55.6. The maximum absolute atomic E-state index is 12.9. The minimum atomic E-state index is -2.23. The van der Waals surface area contributed by atoms with E-state index in [1.54, 1.807) is 27.7 Å². The van der Waals surface area contributed by atoms with Gasteiger partial charge in [0.2, 0.25) is 16.6 Å². The molecular weight excluding hydrogens is 585 g/mol. The molecule has 242 valence electrons. The van der Waals surface area contributed by atoms with Crippen LogP contribution in [0.5, 0.6) is 0 Å². The minimum Gasteiger partial charge on any atom is -0.516 e. The smallest absolute Gasteiger partial charge is 0.345 e. The minimum absolute atomic E-state index is 0.0820. The van der Waals surface area contributed by atoms with Crippen LogP contribution in [-0.4, -0.2) is 89.2 Å². The van der Waals surface area contributed by atoms with Crippen molar-refractivity contribution in [1.29, 1.82) is 0 Å². The van der Waals surface area contributed by atoms with Crippen molar-refractivity contribution in [3.05, 3.63) is 45.8 Å². The van der Waals surface area contributed by atoms with Gasteiger partial charge in [0.05, 0.1) is 13.2 Å². The van der Waals surface area contributed by atoms with Crippen molar-refractivity contribution in [2.75, 3.05) is 32.8 Å². The lowest BCUT2D eigenvalue weighted by atomic mass is 10.1. The van der Waals surface area contributed by atoms with Gasteiger partial charge >= 0.3 is 23.9 Å². The predicted octanol–water partition coefficient (Wildman–Crippen LogP) is 5.32. The van der Waals surface area contributed by atoms with Crippen LogP contribution in [0, 0.1) is 0 Å². The molecule has 0 aliphatic carbocycles. The summed E-state index contributed by atoms with van der Waals surface area (Å²) in [6, 6.07) is 0.0896. The van der Waals surface area contributed by atoms with Crippen LogP contribution in [0.2, 0.25) is 39.3 Å². The van der Waals surface area contributed by atoms with E-state index in [1.165, 1.54) is 0 Å². The Kier molecular flexibility index (Phi) is 14.2. The highest BCUT2D eigenvalue weighted by molar-refractivity contribution is 6.72. The summed E-state index contributed by atoms with van der Waals surface area (Å²) < 4.78 is 21.6. The standard InChI is InChI=1S/C31H52N2O8Si2/c1-14-38-28(34)26(30(36)40-42(8,9)10)21(3)18-23(5)32-16-17-33(25(7)20-32)24(6)19-22(4)27(29(35)39-15-2)31(37)41-43(11,12)13/h18-19,25H,14-17,20H2,1-13H3/b23-18+,24-19+,26-21-,27-22+. The van der Waals surface area contributed by atoms with Crippen molar-refractivity contribution >= 4 is 40.5 Å². The molecule has 1 atom stereocenters. The Morgan fingerprint density at radius 1 is 0.674 bits per heavy atom. The third-order valence-electron chi connectivity index (χ3n) is 6.38. The number of carbonyl (C=O) groups excluding carboxylic acids is 4. The van der Waals surface area contributed by atoms with Crippen molar-refractivity contribution < 1.29 is 37.5 Å². The van der Waals surface area contributed by atoms with Crippen LogP contribution < -0.4 is 0 Å². The second kappa shape index (κ2) is 16.1. The summed E-state index contributed by atoms with van der Waals surface area (Å²) >= 11 is 0. The predicted molar refractivity (Wildman–Crippen MR) is 173 cm³/mol. The number of piperazine rings is 1. The second-order valence-electron chi connectivity index (χ2n) is 12.6. The lowest BCUT2D eigenvalue weighted by molar-refractivity contribution is -0.145. The van der Waals surface area contributed by atoms with Gasteiger partial charge in [-0.05, 0) is 111 Å². The molecular formula is C31H52N2O8Si2. The van der Waals surface area contributed by atoms with Gasteiger partial charge in [0.15, 0.2) is 0 Å². The first kappa shape index (κ1) is 37.9. The molecule has 1 aliphatic rings. The normalized spacial score (nSPS) is 17.9. The van der Waals surface area contributed by atoms with E-state index in [9.17, 15) is 19.2 Å². The Hall–Kier alpha value is -3.13. The fourth-order valence-electron chi connectivity index (χ4n) is 4.62. The monoisotopic (exact) mass is 636 g/mol. The number of rotatable bonds is 12. The van der Waals surface area contributed by atoms with Gasteiger partial charge in [-0.1, -0.05) is 0 Å². The highest BCUT2D eigenvalue weighted by Gasteiger charge is 2.31. The van der Waals surface area contributed by atoms with Crippen LogP contribution in [0.15, 0.2) is 45.8 Å². The summed E-state index contributed by atoms with van der Waals surface area (Å²) in [5.41, 5.74) is 2.62. The summed E-state index contributed by atoms with van der Waals surface area (Å²) in [6.45, 7) is 26.5. The number of ether oxygens (including phenoxy) is 2. The Labute approximate surface area is 260 Å². The number of hydrogen-bond donors (Lipinski definition) is 0. The molecule has 0 radical (unpaired) electrons. The zero-order valence-electron chi connectivity index (χ0n) is 28.4. The van der Waals surface area contributed by atoms with E-state index in [-0.39, 0.29) is 30.4 Å². The van der Waals surface area contributed by atoms with Crippen molar-refractivity contribution in [3.63, 3.8) is 0 Å². The van der Waals surface area contributed by atoms with E-state index >= 15 is 0 Å². The molecule has 43 heavy (non-hydrogen) atoms. The van der Waals surface area contributed by atoms with Crippen LogP contribution in [0.25, 0.3) is 0 Å². The lowest BCUT2D eigenvalue weighted by Gasteiger charge is -2.43. The van der Waals surface area contributed by atoms with Crippen molar-refractivity contribution in [2.24, 2.45) is 0 Å². The molecule has 0 N–H and O–H groups in total. The van der Waals surface area contributed by atoms with Crippen LogP contribution in [0.3, 0.4) is 0 Å². The third kappa shape index (κ3) is 12.2. The SMILES string of the molecule is CCOC(=O)/C(C(=O)O[Si](C)(C)C)=C(C)/C=C(\C)N1CCN(/C(C)=C/C(C)=C(\C(=O)OCC)C(=O)O[Si](C)(C)C)C(C)C1. The average molecular weight is 637 g/mol. The molecule has 0 aromatic heterocycles. The average Bonchev–Trinajstić information content (AvgIpc) is 2.81. The Balaban J connectivity index is 3.28. The van der Waals surface area contributed by atoms with E-state index in [4.69, 9.17) is 18.3 Å². The van der Waals surface area contributed by atoms with Crippen molar-refractivity contribution in [2.45, 2.75) is 93.8 Å². The lowest BCUT2D eigenvalue weighted by Crippen LogP contribution is -2.50. The molecule has 1 saturated heterocycles. The van der Waals surface area contributed by atoms with Crippen LogP contribution >= 0.6 is 0 Å². The van der Waals surface area contributed by atoms with E-state index in [1.807, 2.05) is 65.3 Å². The number of allylic oxidation sites excluding steroid dienone is 6. The highest BCUT2D eigenvalue weighted by atomic mass is 28.4. The number of hydrogen-bond acceptors (Lipinski definition) is 10. The highest BCUT2D eigenvalue weighted by Crippen LogP contribution is 2.23. The quantitative estimate of drug-likeness (QED) is 0.0697. The summed E-state index contributed by atoms with van der Waals surface area (Å²) in [6.07, 6.45) is 3.65.